The SMILES string of the molecule is CC(C)c1cnc(C2(O)CC2)nc1. The molecule has 1 aromatic rings. The standard InChI is InChI=1S/C10H14N2O/c1-7(2)8-5-11-9(12-6-8)10(13)3-4-10/h5-7,13H,3-4H2,1-2H3. The average molecular weight is 178 g/mol. The maximum absolute atomic E-state index is 9.70. The van der Waals surface area contributed by atoms with E-state index < -0.39 is 5.60 Å². The predicted molar refractivity (Wildman–Crippen MR) is 49.3 cm³/mol. The molecule has 1 fully saturated rings. The summed E-state index contributed by atoms with van der Waals surface area (Å²) in [5.74, 6) is 1.03. The zero-order valence-electron chi connectivity index (χ0n) is 7.99. The van der Waals surface area contributed by atoms with Crippen LogP contribution in [0.2, 0.25) is 0 Å². The number of aliphatic hydroxyl groups is 1. The van der Waals surface area contributed by atoms with Gasteiger partial charge in [0.05, 0.1) is 0 Å². The van der Waals surface area contributed by atoms with Gasteiger partial charge in [-0.05, 0) is 24.3 Å². The van der Waals surface area contributed by atoms with Crippen molar-refractivity contribution in [1.29, 1.82) is 0 Å². The fourth-order valence-corrected chi connectivity index (χ4v) is 1.22. The van der Waals surface area contributed by atoms with E-state index in [0.29, 0.717) is 11.7 Å². The van der Waals surface area contributed by atoms with Crippen molar-refractivity contribution in [3.05, 3.63) is 23.8 Å². The summed E-state index contributed by atoms with van der Waals surface area (Å²) in [5, 5.41) is 9.70. The number of rotatable bonds is 2. The Bertz CT molecular complexity index is 301. The van der Waals surface area contributed by atoms with Crippen molar-refractivity contribution in [1.82, 2.24) is 9.97 Å². The Morgan fingerprint density at radius 1 is 1.31 bits per heavy atom. The van der Waals surface area contributed by atoms with E-state index in [4.69, 9.17) is 0 Å². The third kappa shape index (κ3) is 1.56. The summed E-state index contributed by atoms with van der Waals surface area (Å²) >= 11 is 0. The van der Waals surface area contributed by atoms with Gasteiger partial charge >= 0.3 is 0 Å². The Hall–Kier alpha value is -0.960. The molecular formula is C10H14N2O. The first kappa shape index (κ1) is 8.63. The van der Waals surface area contributed by atoms with Gasteiger partial charge in [-0.3, -0.25) is 0 Å². The summed E-state index contributed by atoms with van der Waals surface area (Å²) in [6.07, 6.45) is 5.22. The maximum Gasteiger partial charge on any atom is 0.159 e. The highest BCUT2D eigenvalue weighted by atomic mass is 16.3. The van der Waals surface area contributed by atoms with E-state index in [0.717, 1.165) is 18.4 Å². The van der Waals surface area contributed by atoms with Crippen LogP contribution in [0.4, 0.5) is 0 Å². The topological polar surface area (TPSA) is 46.0 Å². The molecule has 0 spiro atoms. The Morgan fingerprint density at radius 2 is 1.85 bits per heavy atom. The smallest absolute Gasteiger partial charge is 0.159 e. The van der Waals surface area contributed by atoms with Crippen LogP contribution in [0.15, 0.2) is 12.4 Å². The molecule has 3 heteroatoms. The summed E-state index contributed by atoms with van der Waals surface area (Å²) in [5.41, 5.74) is 0.420. The van der Waals surface area contributed by atoms with Crippen molar-refractivity contribution < 1.29 is 5.11 Å². The van der Waals surface area contributed by atoms with Gasteiger partial charge in [0.2, 0.25) is 0 Å². The fourth-order valence-electron chi connectivity index (χ4n) is 1.22. The highest BCUT2D eigenvalue weighted by Crippen LogP contribution is 2.43. The van der Waals surface area contributed by atoms with Crippen molar-refractivity contribution in [2.24, 2.45) is 0 Å². The van der Waals surface area contributed by atoms with Gasteiger partial charge in [0.25, 0.3) is 0 Å². The zero-order valence-corrected chi connectivity index (χ0v) is 7.99. The van der Waals surface area contributed by atoms with Crippen LogP contribution in [0.1, 0.15) is 44.0 Å². The molecule has 1 aliphatic carbocycles. The Balaban J connectivity index is 2.24. The van der Waals surface area contributed by atoms with Gasteiger partial charge in [0, 0.05) is 12.4 Å². The van der Waals surface area contributed by atoms with Crippen LogP contribution in [-0.4, -0.2) is 15.1 Å². The Morgan fingerprint density at radius 3 is 2.23 bits per heavy atom. The molecule has 0 atom stereocenters. The number of hydrogen-bond donors (Lipinski definition) is 1. The second-order valence-corrected chi connectivity index (χ2v) is 4.03. The van der Waals surface area contributed by atoms with Crippen LogP contribution < -0.4 is 0 Å². The van der Waals surface area contributed by atoms with Crippen LogP contribution in [0.3, 0.4) is 0 Å². The van der Waals surface area contributed by atoms with Crippen molar-refractivity contribution >= 4 is 0 Å². The lowest BCUT2D eigenvalue weighted by molar-refractivity contribution is 0.141. The molecule has 0 unspecified atom stereocenters. The van der Waals surface area contributed by atoms with E-state index >= 15 is 0 Å². The lowest BCUT2D eigenvalue weighted by atomic mass is 10.1. The fraction of sp³-hybridized carbons (Fsp3) is 0.600. The molecule has 0 aliphatic heterocycles. The van der Waals surface area contributed by atoms with Crippen LogP contribution in [0.25, 0.3) is 0 Å². The molecule has 1 saturated carbocycles. The highest BCUT2D eigenvalue weighted by molar-refractivity contribution is 5.16. The van der Waals surface area contributed by atoms with Crippen LogP contribution in [0, 0.1) is 0 Å². The minimum absolute atomic E-state index is 0.447. The molecule has 3 nitrogen and oxygen atoms in total. The Labute approximate surface area is 77.8 Å². The number of aromatic nitrogens is 2. The van der Waals surface area contributed by atoms with Gasteiger partial charge in [0.1, 0.15) is 5.60 Å². The molecular weight excluding hydrogens is 164 g/mol. The molecule has 1 aromatic heterocycles. The van der Waals surface area contributed by atoms with Gasteiger partial charge in [-0.25, -0.2) is 9.97 Å². The molecule has 0 saturated heterocycles. The van der Waals surface area contributed by atoms with Gasteiger partial charge in [-0.2, -0.15) is 0 Å². The van der Waals surface area contributed by atoms with E-state index in [-0.39, 0.29) is 0 Å². The lowest BCUT2D eigenvalue weighted by Crippen LogP contribution is -2.10. The lowest BCUT2D eigenvalue weighted by Gasteiger charge is -2.07. The molecule has 0 bridgehead atoms. The normalized spacial score (nSPS) is 19.1. The molecule has 1 heterocycles. The van der Waals surface area contributed by atoms with Gasteiger partial charge in [-0.1, -0.05) is 13.8 Å². The van der Waals surface area contributed by atoms with E-state index in [9.17, 15) is 5.11 Å². The van der Waals surface area contributed by atoms with Crippen molar-refractivity contribution in [3.8, 4) is 0 Å². The van der Waals surface area contributed by atoms with Crippen LogP contribution in [-0.2, 0) is 5.60 Å². The number of hydrogen-bond acceptors (Lipinski definition) is 3. The average Bonchev–Trinajstić information content (AvgIpc) is 2.85. The van der Waals surface area contributed by atoms with E-state index in [1.807, 2.05) is 12.4 Å². The minimum Gasteiger partial charge on any atom is -0.382 e. The van der Waals surface area contributed by atoms with Crippen LogP contribution in [0.5, 0.6) is 0 Å². The summed E-state index contributed by atoms with van der Waals surface area (Å²) in [6, 6.07) is 0. The van der Waals surface area contributed by atoms with Crippen molar-refractivity contribution in [2.75, 3.05) is 0 Å². The molecule has 0 amide bonds. The summed E-state index contributed by atoms with van der Waals surface area (Å²) in [6.45, 7) is 4.20. The monoisotopic (exact) mass is 178 g/mol. The van der Waals surface area contributed by atoms with E-state index in [2.05, 4.69) is 23.8 Å². The highest BCUT2D eigenvalue weighted by Gasteiger charge is 2.44. The first-order valence-corrected chi connectivity index (χ1v) is 4.67. The second-order valence-electron chi connectivity index (χ2n) is 4.03. The predicted octanol–water partition coefficient (Wildman–Crippen LogP) is 1.58. The molecule has 70 valence electrons. The van der Waals surface area contributed by atoms with E-state index in [1.165, 1.54) is 0 Å². The first-order valence-electron chi connectivity index (χ1n) is 4.67. The summed E-state index contributed by atoms with van der Waals surface area (Å²) in [7, 11) is 0. The van der Waals surface area contributed by atoms with Gasteiger partial charge in [-0.15, -0.1) is 0 Å². The zero-order chi connectivity index (χ0) is 9.47. The first-order chi connectivity index (χ1) is 6.12. The molecule has 2 rings (SSSR count). The molecule has 1 aliphatic rings. The third-order valence-corrected chi connectivity index (χ3v) is 2.48. The quantitative estimate of drug-likeness (QED) is 0.747. The van der Waals surface area contributed by atoms with Crippen LogP contribution >= 0.6 is 0 Å². The molecule has 0 radical (unpaired) electrons. The second kappa shape index (κ2) is 2.77. The third-order valence-electron chi connectivity index (χ3n) is 2.48. The van der Waals surface area contributed by atoms with Crippen molar-refractivity contribution in [2.45, 2.75) is 38.2 Å². The molecule has 1 N–H and O–H groups in total. The minimum atomic E-state index is -0.699. The Kier molecular flexibility index (Phi) is 1.84. The van der Waals surface area contributed by atoms with E-state index in [1.54, 1.807) is 0 Å². The summed E-state index contributed by atoms with van der Waals surface area (Å²) < 4.78 is 0. The van der Waals surface area contributed by atoms with Gasteiger partial charge in [0.15, 0.2) is 5.82 Å². The largest absolute Gasteiger partial charge is 0.382 e. The maximum atomic E-state index is 9.70. The number of nitrogens with zero attached hydrogens (tertiary/aromatic N) is 2. The molecule has 0 aromatic carbocycles. The summed E-state index contributed by atoms with van der Waals surface area (Å²) in [4.78, 5) is 8.35. The van der Waals surface area contributed by atoms with Crippen molar-refractivity contribution in [3.63, 3.8) is 0 Å². The van der Waals surface area contributed by atoms with Gasteiger partial charge < -0.3 is 5.11 Å². The molecule has 13 heavy (non-hydrogen) atoms.